The molecule has 0 amide bonds. The number of benzene rings is 1. The largest absolute Gasteiger partial charge is 0.335 e. The molecule has 5 heteroatoms. The molecule has 1 heterocycles. The summed E-state index contributed by atoms with van der Waals surface area (Å²) >= 11 is 7.73. The SMILES string of the molecule is Brc1ccc(NC2=NC3CCCC3CS2)cc1I. The molecule has 18 heavy (non-hydrogen) atoms. The predicted octanol–water partition coefficient (Wildman–Crippen LogP) is 4.74. The number of hydrogen-bond donors (Lipinski definition) is 1. The van der Waals surface area contributed by atoms with Crippen LogP contribution in [0.4, 0.5) is 5.69 Å². The number of rotatable bonds is 1. The lowest BCUT2D eigenvalue weighted by molar-refractivity contribution is 0.535. The molecule has 1 fully saturated rings. The smallest absolute Gasteiger partial charge is 0.161 e. The van der Waals surface area contributed by atoms with E-state index in [1.165, 1.54) is 28.6 Å². The third-order valence-corrected chi connectivity index (χ3v) is 6.91. The first-order valence-corrected chi connectivity index (χ1v) is 9.01. The topological polar surface area (TPSA) is 24.4 Å². The Morgan fingerprint density at radius 2 is 2.28 bits per heavy atom. The summed E-state index contributed by atoms with van der Waals surface area (Å²) in [6, 6.07) is 6.89. The van der Waals surface area contributed by atoms with Crippen molar-refractivity contribution in [1.82, 2.24) is 0 Å². The van der Waals surface area contributed by atoms with E-state index in [1.54, 1.807) is 0 Å². The Balaban J connectivity index is 1.74. The van der Waals surface area contributed by atoms with Crippen molar-refractivity contribution >= 4 is 61.1 Å². The van der Waals surface area contributed by atoms with Gasteiger partial charge in [0.05, 0.1) is 6.04 Å². The van der Waals surface area contributed by atoms with Gasteiger partial charge in [0.1, 0.15) is 0 Å². The number of halogens is 2. The molecule has 3 rings (SSSR count). The number of aliphatic imine (C=N–C) groups is 1. The Kier molecular flexibility index (Phi) is 4.20. The Morgan fingerprint density at radius 3 is 3.11 bits per heavy atom. The highest BCUT2D eigenvalue weighted by molar-refractivity contribution is 14.1. The lowest BCUT2D eigenvalue weighted by Crippen LogP contribution is -2.25. The van der Waals surface area contributed by atoms with E-state index < -0.39 is 0 Å². The van der Waals surface area contributed by atoms with E-state index in [1.807, 2.05) is 11.8 Å². The Hall–Kier alpha value is 0.250. The van der Waals surface area contributed by atoms with Gasteiger partial charge in [-0.05, 0) is 75.5 Å². The van der Waals surface area contributed by atoms with Gasteiger partial charge in [0.15, 0.2) is 5.17 Å². The van der Waals surface area contributed by atoms with Crippen LogP contribution in [0.3, 0.4) is 0 Å². The van der Waals surface area contributed by atoms with Crippen LogP contribution in [0.5, 0.6) is 0 Å². The standard InChI is InChI=1S/C13H14BrIN2S/c14-10-5-4-9(6-11(10)15)16-13-17-12-3-1-2-8(12)7-18-13/h4-6,8,12H,1-3,7H2,(H,16,17). The predicted molar refractivity (Wildman–Crippen MR) is 91.5 cm³/mol. The van der Waals surface area contributed by atoms with Crippen molar-refractivity contribution in [1.29, 1.82) is 0 Å². The van der Waals surface area contributed by atoms with Gasteiger partial charge in [-0.2, -0.15) is 0 Å². The summed E-state index contributed by atoms with van der Waals surface area (Å²) in [6.45, 7) is 0. The van der Waals surface area contributed by atoms with Gasteiger partial charge in [0.2, 0.25) is 0 Å². The first-order valence-electron chi connectivity index (χ1n) is 6.15. The summed E-state index contributed by atoms with van der Waals surface area (Å²) < 4.78 is 2.36. The van der Waals surface area contributed by atoms with Crippen molar-refractivity contribution in [3.8, 4) is 0 Å². The molecule has 0 bridgehead atoms. The second-order valence-corrected chi connectivity index (χ2v) is 7.78. The minimum atomic E-state index is 0.572. The molecule has 2 unspecified atom stereocenters. The van der Waals surface area contributed by atoms with Crippen LogP contribution in [0.2, 0.25) is 0 Å². The second-order valence-electron chi connectivity index (χ2n) is 4.76. The number of hydrogen-bond acceptors (Lipinski definition) is 3. The van der Waals surface area contributed by atoms with Gasteiger partial charge in [-0.15, -0.1) is 0 Å². The van der Waals surface area contributed by atoms with E-state index in [-0.39, 0.29) is 0 Å². The van der Waals surface area contributed by atoms with Gasteiger partial charge >= 0.3 is 0 Å². The summed E-state index contributed by atoms with van der Waals surface area (Å²) in [5.74, 6) is 2.05. The summed E-state index contributed by atoms with van der Waals surface area (Å²) in [5.41, 5.74) is 1.13. The number of amidine groups is 1. The fraction of sp³-hybridized carbons (Fsp3) is 0.462. The summed E-state index contributed by atoms with van der Waals surface area (Å²) in [7, 11) is 0. The average Bonchev–Trinajstić information content (AvgIpc) is 2.81. The summed E-state index contributed by atoms with van der Waals surface area (Å²) in [4.78, 5) is 4.85. The van der Waals surface area contributed by atoms with Crippen LogP contribution < -0.4 is 5.32 Å². The zero-order valence-electron chi connectivity index (χ0n) is 9.83. The van der Waals surface area contributed by atoms with Crippen molar-refractivity contribution in [3.63, 3.8) is 0 Å². The minimum Gasteiger partial charge on any atom is -0.335 e. The Labute approximate surface area is 134 Å². The molecule has 1 aromatic rings. The molecule has 1 aromatic carbocycles. The maximum absolute atomic E-state index is 4.85. The molecular formula is C13H14BrIN2S. The Bertz CT molecular complexity index is 492. The van der Waals surface area contributed by atoms with Crippen LogP contribution in [0.15, 0.2) is 27.7 Å². The summed E-state index contributed by atoms with van der Waals surface area (Å²) in [6.07, 6.45) is 3.99. The number of nitrogens with one attached hydrogen (secondary N) is 1. The zero-order chi connectivity index (χ0) is 12.5. The van der Waals surface area contributed by atoms with Crippen LogP contribution in [0, 0.1) is 9.49 Å². The molecule has 96 valence electrons. The van der Waals surface area contributed by atoms with E-state index in [9.17, 15) is 0 Å². The minimum absolute atomic E-state index is 0.572. The Morgan fingerprint density at radius 1 is 1.39 bits per heavy atom. The van der Waals surface area contributed by atoms with Crippen LogP contribution in [-0.4, -0.2) is 17.0 Å². The quantitative estimate of drug-likeness (QED) is 0.643. The number of anilines is 1. The van der Waals surface area contributed by atoms with Crippen molar-refractivity contribution in [2.45, 2.75) is 25.3 Å². The fourth-order valence-corrected chi connectivity index (χ4v) is 4.44. The first kappa shape index (κ1) is 13.2. The van der Waals surface area contributed by atoms with E-state index in [4.69, 9.17) is 4.99 Å². The van der Waals surface area contributed by atoms with Crippen LogP contribution in [0.1, 0.15) is 19.3 Å². The van der Waals surface area contributed by atoms with Crippen LogP contribution in [0.25, 0.3) is 0 Å². The van der Waals surface area contributed by atoms with E-state index in [0.29, 0.717) is 6.04 Å². The molecule has 1 aliphatic carbocycles. The van der Waals surface area contributed by atoms with Gasteiger partial charge in [0.25, 0.3) is 0 Å². The average molecular weight is 437 g/mol. The second kappa shape index (κ2) is 5.71. The molecule has 2 nitrogen and oxygen atoms in total. The molecule has 0 saturated heterocycles. The van der Waals surface area contributed by atoms with E-state index >= 15 is 0 Å². The van der Waals surface area contributed by atoms with E-state index in [2.05, 4.69) is 62.0 Å². The molecule has 1 saturated carbocycles. The number of nitrogens with zero attached hydrogens (tertiary/aromatic N) is 1. The molecule has 0 radical (unpaired) electrons. The number of fused-ring (bicyclic) bond motifs is 1. The lowest BCUT2D eigenvalue weighted by Gasteiger charge is -2.23. The van der Waals surface area contributed by atoms with Crippen molar-refractivity contribution in [3.05, 3.63) is 26.2 Å². The monoisotopic (exact) mass is 436 g/mol. The zero-order valence-corrected chi connectivity index (χ0v) is 14.4. The fourth-order valence-electron chi connectivity index (χ4n) is 2.52. The normalized spacial score (nSPS) is 26.7. The molecule has 1 N–H and O–H groups in total. The highest BCUT2D eigenvalue weighted by Gasteiger charge is 2.30. The van der Waals surface area contributed by atoms with Crippen molar-refractivity contribution < 1.29 is 0 Å². The highest BCUT2D eigenvalue weighted by atomic mass is 127. The van der Waals surface area contributed by atoms with Crippen molar-refractivity contribution in [2.24, 2.45) is 10.9 Å². The van der Waals surface area contributed by atoms with Crippen LogP contribution in [-0.2, 0) is 0 Å². The number of thioether (sulfide) groups is 1. The maximum Gasteiger partial charge on any atom is 0.161 e. The lowest BCUT2D eigenvalue weighted by atomic mass is 10.1. The van der Waals surface area contributed by atoms with Gasteiger partial charge in [-0.3, -0.25) is 4.99 Å². The van der Waals surface area contributed by atoms with Gasteiger partial charge < -0.3 is 5.32 Å². The van der Waals surface area contributed by atoms with Crippen LogP contribution >= 0.6 is 50.3 Å². The molecule has 0 aromatic heterocycles. The van der Waals surface area contributed by atoms with Gasteiger partial charge in [0, 0.05) is 19.5 Å². The van der Waals surface area contributed by atoms with Gasteiger partial charge in [-0.1, -0.05) is 18.2 Å². The first-order chi connectivity index (χ1) is 8.72. The third-order valence-electron chi connectivity index (χ3n) is 3.51. The maximum atomic E-state index is 4.85. The molecule has 2 aliphatic rings. The molecular weight excluding hydrogens is 423 g/mol. The molecule has 0 spiro atoms. The summed E-state index contributed by atoms with van der Waals surface area (Å²) in [5, 5.41) is 4.54. The van der Waals surface area contributed by atoms with Gasteiger partial charge in [-0.25, -0.2) is 0 Å². The highest BCUT2D eigenvalue weighted by Crippen LogP contribution is 2.35. The van der Waals surface area contributed by atoms with E-state index in [0.717, 1.165) is 21.2 Å². The molecule has 1 aliphatic heterocycles. The van der Waals surface area contributed by atoms with Crippen molar-refractivity contribution in [2.75, 3.05) is 11.1 Å². The molecule has 2 atom stereocenters. The third kappa shape index (κ3) is 2.88.